The Kier molecular flexibility index (Phi) is 2.29. The number of H-pyrrole nitrogens is 2. The first kappa shape index (κ1) is 8.54. The van der Waals surface area contributed by atoms with Gasteiger partial charge in [0.05, 0.1) is 0 Å². The highest BCUT2D eigenvalue weighted by Gasteiger charge is 2.12. The summed E-state index contributed by atoms with van der Waals surface area (Å²) in [6.45, 7) is 0. The maximum absolute atomic E-state index is 10.5. The quantitative estimate of drug-likeness (QED) is 0.450. The van der Waals surface area contributed by atoms with Crippen LogP contribution >= 0.6 is 0 Å². The lowest BCUT2D eigenvalue weighted by atomic mass is 10.2. The molecular weight excluding hydrogens is 162 g/mol. The number of aromatic nitrogens is 2. The number of nitrogens with one attached hydrogen (secondary N) is 2. The molecule has 1 atom stereocenters. The van der Waals surface area contributed by atoms with Crippen LogP contribution in [0.1, 0.15) is 5.69 Å². The van der Waals surface area contributed by atoms with Gasteiger partial charge in [-0.25, -0.2) is 4.79 Å². The average molecular weight is 171 g/mol. The molecule has 0 saturated heterocycles. The number of carboxylic acids is 1. The molecule has 5 N–H and O–H groups in total. The maximum atomic E-state index is 10.5. The smallest absolute Gasteiger partial charge is 0.323 e. The molecule has 0 fully saturated rings. The second kappa shape index (κ2) is 3.22. The van der Waals surface area contributed by atoms with Gasteiger partial charge >= 0.3 is 11.7 Å². The summed E-state index contributed by atoms with van der Waals surface area (Å²) in [6, 6.07) is -0.976. The Bertz CT molecular complexity index is 327. The van der Waals surface area contributed by atoms with Gasteiger partial charge in [0.2, 0.25) is 0 Å². The lowest BCUT2D eigenvalue weighted by Gasteiger charge is -2.01. The fraction of sp³-hybridized carbons (Fsp3) is 0.333. The van der Waals surface area contributed by atoms with Crippen LogP contribution in [0.25, 0.3) is 0 Å². The van der Waals surface area contributed by atoms with Gasteiger partial charge in [-0.05, 0) is 0 Å². The average Bonchev–Trinajstić information content (AvgIpc) is 2.35. The SMILES string of the molecule is NC(Cc1c[nH]c(=O)[nH]1)C(=O)O. The van der Waals surface area contributed by atoms with Crippen molar-refractivity contribution in [2.24, 2.45) is 5.73 Å². The van der Waals surface area contributed by atoms with Gasteiger partial charge in [-0.3, -0.25) is 4.79 Å². The second-order valence-electron chi connectivity index (χ2n) is 2.42. The first-order valence-corrected chi connectivity index (χ1v) is 3.34. The summed E-state index contributed by atoms with van der Waals surface area (Å²) in [4.78, 5) is 25.6. The molecular formula is C6H9N3O3. The largest absolute Gasteiger partial charge is 0.480 e. The van der Waals surface area contributed by atoms with Crippen molar-refractivity contribution in [2.45, 2.75) is 12.5 Å². The van der Waals surface area contributed by atoms with Crippen molar-refractivity contribution in [1.29, 1.82) is 0 Å². The van der Waals surface area contributed by atoms with E-state index in [0.717, 1.165) is 0 Å². The molecule has 0 aromatic carbocycles. The van der Waals surface area contributed by atoms with Crippen LogP contribution in [0.5, 0.6) is 0 Å². The molecule has 0 bridgehead atoms. The zero-order valence-electron chi connectivity index (χ0n) is 6.20. The number of imidazole rings is 1. The molecule has 0 saturated carbocycles. The highest BCUT2D eigenvalue weighted by Crippen LogP contribution is 1.93. The van der Waals surface area contributed by atoms with Gasteiger partial charge in [-0.15, -0.1) is 0 Å². The van der Waals surface area contributed by atoms with Crippen LogP contribution in [0.2, 0.25) is 0 Å². The molecule has 6 nitrogen and oxygen atoms in total. The normalized spacial score (nSPS) is 12.8. The van der Waals surface area contributed by atoms with Crippen LogP contribution in [0.4, 0.5) is 0 Å². The number of hydrogen-bond acceptors (Lipinski definition) is 3. The van der Waals surface area contributed by atoms with Gasteiger partial charge in [0.25, 0.3) is 0 Å². The summed E-state index contributed by atoms with van der Waals surface area (Å²) in [5.74, 6) is -1.09. The molecule has 6 heteroatoms. The molecule has 1 unspecified atom stereocenters. The Morgan fingerprint density at radius 3 is 2.83 bits per heavy atom. The minimum absolute atomic E-state index is 0.119. The minimum Gasteiger partial charge on any atom is -0.480 e. The van der Waals surface area contributed by atoms with Crippen molar-refractivity contribution in [3.8, 4) is 0 Å². The first-order valence-electron chi connectivity index (χ1n) is 3.34. The van der Waals surface area contributed by atoms with Crippen molar-refractivity contribution in [2.75, 3.05) is 0 Å². The van der Waals surface area contributed by atoms with Crippen molar-refractivity contribution < 1.29 is 9.90 Å². The van der Waals surface area contributed by atoms with Crippen molar-refractivity contribution in [1.82, 2.24) is 9.97 Å². The highest BCUT2D eigenvalue weighted by molar-refractivity contribution is 5.73. The van der Waals surface area contributed by atoms with Gasteiger partial charge in [-0.1, -0.05) is 0 Å². The monoisotopic (exact) mass is 171 g/mol. The molecule has 0 spiro atoms. The number of aliphatic carboxylic acids is 1. The molecule has 0 amide bonds. The summed E-state index contributed by atoms with van der Waals surface area (Å²) < 4.78 is 0. The fourth-order valence-electron chi connectivity index (χ4n) is 0.805. The van der Waals surface area contributed by atoms with E-state index < -0.39 is 12.0 Å². The van der Waals surface area contributed by atoms with Gasteiger partial charge in [-0.2, -0.15) is 0 Å². The Morgan fingerprint density at radius 2 is 2.42 bits per heavy atom. The zero-order chi connectivity index (χ0) is 9.14. The molecule has 1 aromatic rings. The number of rotatable bonds is 3. The van der Waals surface area contributed by atoms with Gasteiger partial charge in [0.1, 0.15) is 6.04 Å². The molecule has 1 rings (SSSR count). The van der Waals surface area contributed by atoms with E-state index in [9.17, 15) is 9.59 Å². The summed E-state index contributed by atoms with van der Waals surface area (Å²) in [5.41, 5.74) is 5.36. The maximum Gasteiger partial charge on any atom is 0.323 e. The fourth-order valence-corrected chi connectivity index (χ4v) is 0.805. The highest BCUT2D eigenvalue weighted by atomic mass is 16.4. The van der Waals surface area contributed by atoms with E-state index in [0.29, 0.717) is 5.69 Å². The number of nitrogens with two attached hydrogens (primary N) is 1. The van der Waals surface area contributed by atoms with Crippen LogP contribution in [0.15, 0.2) is 11.0 Å². The Morgan fingerprint density at radius 1 is 1.75 bits per heavy atom. The molecule has 1 heterocycles. The Hall–Kier alpha value is -1.56. The van der Waals surface area contributed by atoms with Crippen molar-refractivity contribution in [3.05, 3.63) is 22.4 Å². The predicted molar refractivity (Wildman–Crippen MR) is 40.7 cm³/mol. The zero-order valence-corrected chi connectivity index (χ0v) is 6.20. The van der Waals surface area contributed by atoms with E-state index in [1.807, 2.05) is 0 Å². The topological polar surface area (TPSA) is 112 Å². The van der Waals surface area contributed by atoms with Crippen LogP contribution in [0.3, 0.4) is 0 Å². The van der Waals surface area contributed by atoms with Gasteiger partial charge in [0, 0.05) is 18.3 Å². The summed E-state index contributed by atoms with van der Waals surface area (Å²) in [7, 11) is 0. The van der Waals surface area contributed by atoms with Crippen LogP contribution < -0.4 is 11.4 Å². The Balaban J connectivity index is 2.64. The van der Waals surface area contributed by atoms with Crippen LogP contribution in [-0.2, 0) is 11.2 Å². The number of hydrogen-bond donors (Lipinski definition) is 4. The second-order valence-corrected chi connectivity index (χ2v) is 2.42. The van der Waals surface area contributed by atoms with Crippen LogP contribution in [0, 0.1) is 0 Å². The number of aromatic amines is 2. The number of carboxylic acid groups (broad SMARTS) is 1. The lowest BCUT2D eigenvalue weighted by Crippen LogP contribution is -2.32. The third-order valence-electron chi connectivity index (χ3n) is 1.41. The molecule has 0 radical (unpaired) electrons. The number of carbonyl (C=O) groups is 1. The third kappa shape index (κ3) is 1.96. The van der Waals surface area contributed by atoms with E-state index in [-0.39, 0.29) is 12.1 Å². The van der Waals surface area contributed by atoms with Gasteiger partial charge in [0.15, 0.2) is 0 Å². The summed E-state index contributed by atoms with van der Waals surface area (Å²) in [6.07, 6.45) is 1.53. The van der Waals surface area contributed by atoms with E-state index in [1.165, 1.54) is 6.20 Å². The third-order valence-corrected chi connectivity index (χ3v) is 1.41. The molecule has 66 valence electrons. The van der Waals surface area contributed by atoms with E-state index >= 15 is 0 Å². The van der Waals surface area contributed by atoms with Crippen molar-refractivity contribution >= 4 is 5.97 Å². The Labute approximate surface area is 67.4 Å². The summed E-state index contributed by atoms with van der Waals surface area (Å²) >= 11 is 0. The summed E-state index contributed by atoms with van der Waals surface area (Å²) in [5, 5.41) is 8.42. The molecule has 0 aliphatic heterocycles. The van der Waals surface area contributed by atoms with E-state index in [2.05, 4.69) is 9.97 Å². The molecule has 12 heavy (non-hydrogen) atoms. The molecule has 1 aromatic heterocycles. The molecule has 0 aliphatic rings. The predicted octanol–water partition coefficient (Wildman–Crippen LogP) is -1.34. The lowest BCUT2D eigenvalue weighted by molar-refractivity contribution is -0.138. The van der Waals surface area contributed by atoms with Crippen molar-refractivity contribution in [3.63, 3.8) is 0 Å². The molecule has 0 aliphatic carbocycles. The van der Waals surface area contributed by atoms with E-state index in [4.69, 9.17) is 10.8 Å². The van der Waals surface area contributed by atoms with E-state index in [1.54, 1.807) is 0 Å². The minimum atomic E-state index is -1.09. The van der Waals surface area contributed by atoms with Crippen LogP contribution in [-0.4, -0.2) is 27.1 Å². The standard InChI is InChI=1S/C6H9N3O3/c7-4(5(10)11)1-3-2-8-6(12)9-3/h2,4H,1,7H2,(H,10,11)(H2,8,9,12). The first-order chi connectivity index (χ1) is 5.59. The van der Waals surface area contributed by atoms with Gasteiger partial charge < -0.3 is 20.8 Å².